The van der Waals surface area contributed by atoms with Crippen molar-refractivity contribution in [3.8, 4) is 16.9 Å². The van der Waals surface area contributed by atoms with Gasteiger partial charge in [0.05, 0.1) is 4.92 Å². The van der Waals surface area contributed by atoms with Gasteiger partial charge in [-0.2, -0.15) is 0 Å². The van der Waals surface area contributed by atoms with E-state index in [1.165, 1.54) is 31.2 Å². The van der Waals surface area contributed by atoms with Gasteiger partial charge in [0.2, 0.25) is 0 Å². The van der Waals surface area contributed by atoms with Gasteiger partial charge in [-0.3, -0.25) is 30.6 Å². The van der Waals surface area contributed by atoms with Crippen LogP contribution in [0.3, 0.4) is 0 Å². The smallest absolute Gasteiger partial charge is 0.282 e. The van der Waals surface area contributed by atoms with Gasteiger partial charge in [0.25, 0.3) is 17.5 Å². The summed E-state index contributed by atoms with van der Waals surface area (Å²) in [7, 11) is 0. The molecule has 30 heavy (non-hydrogen) atoms. The molecular formula is C22H19N3O5. The van der Waals surface area contributed by atoms with Crippen LogP contribution in [-0.4, -0.2) is 22.8 Å². The van der Waals surface area contributed by atoms with Crippen molar-refractivity contribution in [3.63, 3.8) is 0 Å². The molecule has 0 aliphatic carbocycles. The number of para-hydroxylation sites is 1. The zero-order chi connectivity index (χ0) is 21.5. The lowest BCUT2D eigenvalue weighted by Gasteiger charge is -2.15. The van der Waals surface area contributed by atoms with Crippen LogP contribution in [0.25, 0.3) is 11.1 Å². The van der Waals surface area contributed by atoms with Crippen molar-refractivity contribution in [1.82, 2.24) is 10.9 Å². The fourth-order valence-electron chi connectivity index (χ4n) is 2.73. The Morgan fingerprint density at radius 1 is 0.867 bits per heavy atom. The van der Waals surface area contributed by atoms with Crippen LogP contribution in [-0.2, 0) is 4.79 Å². The first-order valence-corrected chi connectivity index (χ1v) is 9.11. The zero-order valence-electron chi connectivity index (χ0n) is 16.1. The van der Waals surface area contributed by atoms with E-state index in [2.05, 4.69) is 10.9 Å². The maximum Gasteiger partial charge on any atom is 0.282 e. The molecule has 0 saturated carbocycles. The number of nitrogens with one attached hydrogen (secondary N) is 2. The molecule has 0 aromatic heterocycles. The molecule has 0 fully saturated rings. The summed E-state index contributed by atoms with van der Waals surface area (Å²) in [6.45, 7) is 1.53. The Bertz CT molecular complexity index is 1050. The second-order valence-electron chi connectivity index (χ2n) is 6.37. The molecule has 3 rings (SSSR count). The molecule has 0 aliphatic rings. The molecule has 0 radical (unpaired) electrons. The number of hydrogen-bond acceptors (Lipinski definition) is 5. The topological polar surface area (TPSA) is 111 Å². The molecule has 1 unspecified atom stereocenters. The van der Waals surface area contributed by atoms with Crippen molar-refractivity contribution in [2.45, 2.75) is 13.0 Å². The third kappa shape index (κ3) is 4.99. The summed E-state index contributed by atoms with van der Waals surface area (Å²) in [6, 6.07) is 22.5. The lowest BCUT2D eigenvalue weighted by molar-refractivity contribution is -0.385. The first kappa shape index (κ1) is 20.5. The number of hydrazine groups is 1. The van der Waals surface area contributed by atoms with E-state index < -0.39 is 22.8 Å². The van der Waals surface area contributed by atoms with Crippen LogP contribution in [0.15, 0.2) is 78.9 Å². The highest BCUT2D eigenvalue weighted by molar-refractivity contribution is 5.99. The molecule has 0 spiro atoms. The van der Waals surface area contributed by atoms with E-state index in [4.69, 9.17) is 4.74 Å². The minimum absolute atomic E-state index is 0.159. The summed E-state index contributed by atoms with van der Waals surface area (Å²) in [5.74, 6) is -0.911. The summed E-state index contributed by atoms with van der Waals surface area (Å²) in [4.78, 5) is 34.7. The number of amides is 2. The van der Waals surface area contributed by atoms with Crippen LogP contribution in [0.1, 0.15) is 17.3 Å². The van der Waals surface area contributed by atoms with Gasteiger partial charge in [0, 0.05) is 6.07 Å². The highest BCUT2D eigenvalue weighted by Gasteiger charge is 2.21. The molecule has 3 aromatic rings. The van der Waals surface area contributed by atoms with Gasteiger partial charge in [0.15, 0.2) is 6.10 Å². The van der Waals surface area contributed by atoms with Crippen molar-refractivity contribution in [2.24, 2.45) is 0 Å². The average Bonchev–Trinajstić information content (AvgIpc) is 2.78. The maximum absolute atomic E-state index is 12.2. The molecule has 2 amide bonds. The van der Waals surface area contributed by atoms with Crippen LogP contribution in [0.2, 0.25) is 0 Å². The Balaban J connectivity index is 1.56. The number of rotatable bonds is 6. The van der Waals surface area contributed by atoms with Crippen molar-refractivity contribution < 1.29 is 19.2 Å². The summed E-state index contributed by atoms with van der Waals surface area (Å²) in [6.07, 6.45) is -0.904. The third-order valence-electron chi connectivity index (χ3n) is 4.29. The fraction of sp³-hybridized carbons (Fsp3) is 0.0909. The lowest BCUT2D eigenvalue weighted by Crippen LogP contribution is -2.47. The van der Waals surface area contributed by atoms with Crippen LogP contribution in [0.4, 0.5) is 5.69 Å². The molecule has 8 nitrogen and oxygen atoms in total. The minimum atomic E-state index is -0.904. The van der Waals surface area contributed by atoms with E-state index in [0.717, 1.165) is 11.1 Å². The molecule has 0 heterocycles. The third-order valence-corrected chi connectivity index (χ3v) is 4.29. The zero-order valence-corrected chi connectivity index (χ0v) is 16.1. The van der Waals surface area contributed by atoms with E-state index in [9.17, 15) is 19.7 Å². The summed E-state index contributed by atoms with van der Waals surface area (Å²) in [5, 5.41) is 11.0. The molecule has 0 aliphatic heterocycles. The van der Waals surface area contributed by atoms with Crippen molar-refractivity contribution in [3.05, 3.63) is 94.5 Å². The Labute approximate surface area is 172 Å². The number of nitro groups is 1. The highest BCUT2D eigenvalue weighted by atomic mass is 16.6. The van der Waals surface area contributed by atoms with Crippen molar-refractivity contribution >= 4 is 17.5 Å². The normalized spacial score (nSPS) is 11.2. The lowest BCUT2D eigenvalue weighted by atomic mass is 10.1. The molecule has 1 atom stereocenters. The number of carbonyl (C=O) groups is 2. The van der Waals surface area contributed by atoms with Crippen molar-refractivity contribution in [2.75, 3.05) is 0 Å². The van der Waals surface area contributed by atoms with Crippen LogP contribution in [0, 0.1) is 10.1 Å². The molecular weight excluding hydrogens is 386 g/mol. The van der Waals surface area contributed by atoms with Gasteiger partial charge < -0.3 is 4.74 Å². The monoisotopic (exact) mass is 405 g/mol. The standard InChI is InChI=1S/C22H19N3O5/c1-15(30-18-13-11-17(12-14-18)16-7-3-2-4-8-16)21(26)23-24-22(27)19-9-5-6-10-20(19)25(28)29/h2-15H,1H3,(H,23,26)(H,24,27). The van der Waals surface area contributed by atoms with Gasteiger partial charge in [-0.1, -0.05) is 54.6 Å². The molecule has 2 N–H and O–H groups in total. The number of benzene rings is 3. The van der Waals surface area contributed by atoms with Gasteiger partial charge in [-0.25, -0.2) is 0 Å². The van der Waals surface area contributed by atoms with E-state index in [1.54, 1.807) is 12.1 Å². The molecule has 152 valence electrons. The van der Waals surface area contributed by atoms with E-state index in [-0.39, 0.29) is 11.3 Å². The first-order chi connectivity index (χ1) is 14.5. The predicted octanol–water partition coefficient (Wildman–Crippen LogP) is 3.49. The number of nitrogens with zero attached hydrogens (tertiary/aromatic N) is 1. The van der Waals surface area contributed by atoms with Crippen LogP contribution in [0.5, 0.6) is 5.75 Å². The minimum Gasteiger partial charge on any atom is -0.481 e. The molecule has 8 heteroatoms. The first-order valence-electron chi connectivity index (χ1n) is 9.11. The summed E-state index contributed by atoms with van der Waals surface area (Å²) >= 11 is 0. The van der Waals surface area contributed by atoms with E-state index in [1.807, 2.05) is 42.5 Å². The number of hydrogen-bond donors (Lipinski definition) is 2. The summed E-state index contributed by atoms with van der Waals surface area (Å²) < 4.78 is 5.60. The van der Waals surface area contributed by atoms with Crippen molar-refractivity contribution in [1.29, 1.82) is 0 Å². The fourth-order valence-corrected chi connectivity index (χ4v) is 2.73. The summed E-state index contributed by atoms with van der Waals surface area (Å²) in [5.41, 5.74) is 5.95. The Kier molecular flexibility index (Phi) is 6.39. The maximum atomic E-state index is 12.2. The highest BCUT2D eigenvalue weighted by Crippen LogP contribution is 2.22. The Hall–Kier alpha value is -4.20. The quantitative estimate of drug-likeness (QED) is 0.482. The number of nitro benzene ring substituents is 1. The number of ether oxygens (including phenoxy) is 1. The largest absolute Gasteiger partial charge is 0.481 e. The molecule has 0 saturated heterocycles. The number of carbonyl (C=O) groups excluding carboxylic acids is 2. The second-order valence-corrected chi connectivity index (χ2v) is 6.37. The Morgan fingerprint density at radius 3 is 2.13 bits per heavy atom. The average molecular weight is 405 g/mol. The Morgan fingerprint density at radius 2 is 1.47 bits per heavy atom. The van der Waals surface area contributed by atoms with E-state index >= 15 is 0 Å². The van der Waals surface area contributed by atoms with Gasteiger partial charge >= 0.3 is 0 Å². The SMILES string of the molecule is CC(Oc1ccc(-c2ccccc2)cc1)C(=O)NNC(=O)c1ccccc1[N+](=O)[O-]. The predicted molar refractivity (Wildman–Crippen MR) is 111 cm³/mol. The van der Waals surface area contributed by atoms with Gasteiger partial charge in [-0.15, -0.1) is 0 Å². The molecule has 0 bridgehead atoms. The van der Waals surface area contributed by atoms with Crippen LogP contribution < -0.4 is 15.6 Å². The van der Waals surface area contributed by atoms with Gasteiger partial charge in [-0.05, 0) is 36.2 Å². The van der Waals surface area contributed by atoms with Gasteiger partial charge in [0.1, 0.15) is 11.3 Å². The van der Waals surface area contributed by atoms with E-state index in [0.29, 0.717) is 5.75 Å². The van der Waals surface area contributed by atoms with Crippen LogP contribution >= 0.6 is 0 Å². The second kappa shape index (κ2) is 9.33. The molecule has 3 aromatic carbocycles.